The number of nitrogens with one attached hydrogen (secondary N) is 1. The number of halogens is 2. The lowest BCUT2D eigenvalue weighted by Crippen LogP contribution is -2.38. The van der Waals surface area contributed by atoms with Crippen molar-refractivity contribution in [1.29, 1.82) is 0 Å². The minimum absolute atomic E-state index is 0.0566. The summed E-state index contributed by atoms with van der Waals surface area (Å²) in [6.45, 7) is 2.23. The summed E-state index contributed by atoms with van der Waals surface area (Å²) in [4.78, 5) is 33.3. The van der Waals surface area contributed by atoms with E-state index in [4.69, 9.17) is 21.3 Å². The van der Waals surface area contributed by atoms with Gasteiger partial charge >= 0.3 is 5.97 Å². The first-order chi connectivity index (χ1) is 18.9. The van der Waals surface area contributed by atoms with Crippen LogP contribution < -0.4 is 5.32 Å². The lowest BCUT2D eigenvalue weighted by atomic mass is 9.91. The Kier molecular flexibility index (Phi) is 8.14. The summed E-state index contributed by atoms with van der Waals surface area (Å²) < 4.78 is 18.7. The van der Waals surface area contributed by atoms with Crippen molar-refractivity contribution in [3.63, 3.8) is 0 Å². The molecule has 1 amide bonds. The highest BCUT2D eigenvalue weighted by Gasteiger charge is 2.42. The first-order valence-electron chi connectivity index (χ1n) is 12.4. The lowest BCUT2D eigenvalue weighted by Gasteiger charge is -2.36. The summed E-state index contributed by atoms with van der Waals surface area (Å²) in [7, 11) is 0. The third-order valence-corrected chi connectivity index (χ3v) is 7.39. The van der Waals surface area contributed by atoms with Gasteiger partial charge in [0.15, 0.2) is 5.17 Å². The number of carbonyl (C=O) groups excluding carboxylic acids is 2. The van der Waals surface area contributed by atoms with Gasteiger partial charge < -0.3 is 15.0 Å². The van der Waals surface area contributed by atoms with Crippen molar-refractivity contribution in [3.05, 3.63) is 123 Å². The van der Waals surface area contributed by atoms with Crippen molar-refractivity contribution >= 4 is 46.1 Å². The van der Waals surface area contributed by atoms with Crippen molar-refractivity contribution in [2.45, 2.75) is 25.9 Å². The molecule has 6 nitrogen and oxygen atoms in total. The number of carbonyl (C=O) groups is 2. The van der Waals surface area contributed by atoms with Crippen molar-refractivity contribution < 1.29 is 18.7 Å². The first kappa shape index (κ1) is 26.7. The normalized spacial score (nSPS) is 16.4. The van der Waals surface area contributed by atoms with Crippen molar-refractivity contribution in [2.75, 3.05) is 6.61 Å². The van der Waals surface area contributed by atoms with E-state index in [9.17, 15) is 14.0 Å². The van der Waals surface area contributed by atoms with Gasteiger partial charge in [-0.15, -0.1) is 0 Å². The minimum atomic E-state index is -0.614. The predicted molar refractivity (Wildman–Crippen MR) is 152 cm³/mol. The van der Waals surface area contributed by atoms with Gasteiger partial charge in [0, 0.05) is 22.8 Å². The molecule has 2 heterocycles. The summed E-state index contributed by atoms with van der Waals surface area (Å²) in [6.07, 6.45) is 0.0566. The van der Waals surface area contributed by atoms with Crippen LogP contribution >= 0.6 is 23.4 Å². The fourth-order valence-electron chi connectivity index (χ4n) is 4.51. The van der Waals surface area contributed by atoms with E-state index in [0.717, 1.165) is 16.7 Å². The van der Waals surface area contributed by atoms with Crippen LogP contribution in [0.3, 0.4) is 0 Å². The highest BCUT2D eigenvalue weighted by molar-refractivity contribution is 8.16. The fourth-order valence-corrected chi connectivity index (χ4v) is 5.63. The van der Waals surface area contributed by atoms with E-state index < -0.39 is 12.0 Å². The molecule has 9 heteroatoms. The van der Waals surface area contributed by atoms with Gasteiger partial charge in [-0.05, 0) is 47.7 Å². The number of thioether (sulfide) groups is 1. The number of fused-ring (bicyclic) bond motifs is 1. The molecule has 0 spiro atoms. The molecule has 1 atom stereocenters. The summed E-state index contributed by atoms with van der Waals surface area (Å²) in [5.41, 5.74) is 3.92. The number of ether oxygens (including phenoxy) is 1. The molecular weight excluding hydrogens is 537 g/mol. The van der Waals surface area contributed by atoms with Crippen LogP contribution in [0, 0.1) is 5.82 Å². The van der Waals surface area contributed by atoms with E-state index in [1.807, 2.05) is 58.8 Å². The summed E-state index contributed by atoms with van der Waals surface area (Å²) in [5, 5.41) is 5.94. The van der Waals surface area contributed by atoms with Crippen LogP contribution in [0.1, 0.15) is 36.1 Å². The maximum absolute atomic E-state index is 13.5. The molecule has 0 saturated carbocycles. The largest absolute Gasteiger partial charge is 0.463 e. The zero-order chi connectivity index (χ0) is 27.4. The van der Waals surface area contributed by atoms with Crippen molar-refractivity contribution in [1.82, 2.24) is 10.2 Å². The summed E-state index contributed by atoms with van der Waals surface area (Å²) in [6, 6.07) is 22.2. The maximum Gasteiger partial charge on any atom is 0.338 e. The van der Waals surface area contributed by atoms with Crippen LogP contribution in [0.5, 0.6) is 0 Å². The van der Waals surface area contributed by atoms with Crippen LogP contribution in [0.4, 0.5) is 4.39 Å². The van der Waals surface area contributed by atoms with E-state index in [0.29, 0.717) is 27.2 Å². The number of benzene rings is 3. The molecule has 2 aliphatic heterocycles. The van der Waals surface area contributed by atoms with E-state index in [-0.39, 0.29) is 31.3 Å². The molecule has 198 valence electrons. The van der Waals surface area contributed by atoms with E-state index >= 15 is 0 Å². The fraction of sp³-hybridized carbons (Fsp3) is 0.167. The van der Waals surface area contributed by atoms with Gasteiger partial charge in [-0.2, -0.15) is 0 Å². The second-order valence-electron chi connectivity index (χ2n) is 8.88. The number of hydrogen-bond donors (Lipinski definition) is 1. The topological polar surface area (TPSA) is 71.0 Å². The van der Waals surface area contributed by atoms with E-state index in [1.165, 1.54) is 23.9 Å². The van der Waals surface area contributed by atoms with Crippen LogP contribution in [-0.4, -0.2) is 28.6 Å². The molecule has 39 heavy (non-hydrogen) atoms. The number of amidine groups is 1. The molecule has 2 aliphatic rings. The Morgan fingerprint density at radius 2 is 1.85 bits per heavy atom. The zero-order valence-corrected chi connectivity index (χ0v) is 22.6. The second kappa shape index (κ2) is 11.9. The molecule has 0 saturated heterocycles. The Balaban J connectivity index is 1.51. The zero-order valence-electron chi connectivity index (χ0n) is 21.1. The third-order valence-electron chi connectivity index (χ3n) is 6.26. The molecule has 0 radical (unpaired) electrons. The molecule has 5 rings (SSSR count). The van der Waals surface area contributed by atoms with Crippen molar-refractivity contribution in [3.8, 4) is 0 Å². The minimum Gasteiger partial charge on any atom is -0.463 e. The number of amides is 1. The Bertz CT molecular complexity index is 1490. The SMILES string of the molecule is CCOC(=O)C1=C(c2ccccc2)N=C2SC=C(CC(=O)NCc3ccc(F)cc3)N2C1c1cccc(Cl)c1. The predicted octanol–water partition coefficient (Wildman–Crippen LogP) is 6.46. The molecule has 0 bridgehead atoms. The molecule has 3 aromatic rings. The molecule has 1 N–H and O–H groups in total. The average molecular weight is 562 g/mol. The monoisotopic (exact) mass is 561 g/mol. The van der Waals surface area contributed by atoms with Gasteiger partial charge in [-0.3, -0.25) is 4.79 Å². The first-order valence-corrected chi connectivity index (χ1v) is 13.7. The molecule has 3 aromatic carbocycles. The standard InChI is InChI=1S/C30H25ClFN3O3S/c1-2-38-29(37)26-27(20-7-4-3-5-8-20)34-30-35(28(26)21-9-6-10-22(31)15-21)24(18-39-30)16-25(36)33-17-19-11-13-23(32)14-12-19/h3-15,18,28H,2,16-17H2,1H3,(H,33,36). The van der Waals surface area contributed by atoms with Gasteiger partial charge in [-0.1, -0.05) is 78.0 Å². The number of aliphatic imine (C=N–C) groups is 1. The van der Waals surface area contributed by atoms with Gasteiger partial charge in [0.2, 0.25) is 5.91 Å². The number of nitrogens with zero attached hydrogens (tertiary/aromatic N) is 2. The quantitative estimate of drug-likeness (QED) is 0.320. The highest BCUT2D eigenvalue weighted by atomic mass is 35.5. The second-order valence-corrected chi connectivity index (χ2v) is 10.2. The van der Waals surface area contributed by atoms with Crippen molar-refractivity contribution in [2.24, 2.45) is 4.99 Å². The number of esters is 1. The number of rotatable bonds is 8. The summed E-state index contributed by atoms with van der Waals surface area (Å²) >= 11 is 7.78. The third kappa shape index (κ3) is 5.92. The maximum atomic E-state index is 13.5. The lowest BCUT2D eigenvalue weighted by molar-refractivity contribution is -0.139. The van der Waals surface area contributed by atoms with Gasteiger partial charge in [0.05, 0.1) is 30.3 Å². The molecule has 1 unspecified atom stereocenters. The van der Waals surface area contributed by atoms with E-state index in [2.05, 4.69) is 5.32 Å². The van der Waals surface area contributed by atoms with Crippen LogP contribution in [0.25, 0.3) is 5.70 Å². The Morgan fingerprint density at radius 3 is 2.56 bits per heavy atom. The van der Waals surface area contributed by atoms with Gasteiger partial charge in [0.25, 0.3) is 0 Å². The average Bonchev–Trinajstić information content (AvgIpc) is 3.34. The molecule has 0 aromatic heterocycles. The van der Waals surface area contributed by atoms with Crippen LogP contribution in [0.15, 0.2) is 101 Å². The summed E-state index contributed by atoms with van der Waals surface area (Å²) in [5.74, 6) is -1.03. The van der Waals surface area contributed by atoms with Gasteiger partial charge in [0.1, 0.15) is 5.82 Å². The smallest absolute Gasteiger partial charge is 0.338 e. The highest BCUT2D eigenvalue weighted by Crippen LogP contribution is 2.47. The van der Waals surface area contributed by atoms with Crippen LogP contribution in [0.2, 0.25) is 5.02 Å². The Morgan fingerprint density at radius 1 is 1.08 bits per heavy atom. The number of hydrogen-bond acceptors (Lipinski definition) is 6. The van der Waals surface area contributed by atoms with Crippen LogP contribution in [-0.2, 0) is 20.9 Å². The molecule has 0 aliphatic carbocycles. The van der Waals surface area contributed by atoms with E-state index in [1.54, 1.807) is 25.1 Å². The Hall–Kier alpha value is -3.88. The molecule has 0 fully saturated rings. The molecular formula is C30H25ClFN3O3S. The van der Waals surface area contributed by atoms with Gasteiger partial charge in [-0.25, -0.2) is 14.2 Å². The Labute approximate surface area is 235 Å².